The largest absolute Gasteiger partial charge is 0.399 e. The van der Waals surface area contributed by atoms with Crippen LogP contribution in [0.25, 0.3) is 0 Å². The number of nitrogens with zero attached hydrogens (tertiary/aromatic N) is 2. The van der Waals surface area contributed by atoms with Gasteiger partial charge in [0.2, 0.25) is 11.8 Å². The molecule has 2 heterocycles. The first kappa shape index (κ1) is 26.2. The number of nitrogens with one attached hydrogen (secondary N) is 2. The van der Waals surface area contributed by atoms with Crippen molar-refractivity contribution in [1.82, 2.24) is 15.2 Å². The van der Waals surface area contributed by atoms with Gasteiger partial charge < -0.3 is 16.1 Å². The smallest absolute Gasteiger partial charge is 0.264 e. The lowest BCUT2D eigenvalue weighted by atomic mass is 10.0. The van der Waals surface area contributed by atoms with Gasteiger partial charge in [0.15, 0.2) is 0 Å². The number of carbonyl (C=O) groups excluding carboxylic acids is 4. The third kappa shape index (κ3) is 6.60. The van der Waals surface area contributed by atoms with Crippen LogP contribution in [-0.4, -0.2) is 52.7 Å². The van der Waals surface area contributed by atoms with E-state index in [4.69, 9.17) is 11.6 Å². The quantitative estimate of drug-likeness (QED) is 0.144. The molecule has 1 aromatic rings. The molecule has 6 N–H and O–H groups in total. The fraction of sp³-hybridized carbons (Fsp3) is 0.520. The minimum absolute atomic E-state index is 0.0741. The van der Waals surface area contributed by atoms with E-state index in [2.05, 4.69) is 17.6 Å². The predicted molar refractivity (Wildman–Crippen MR) is 133 cm³/mol. The van der Waals surface area contributed by atoms with Crippen LogP contribution in [0.2, 0.25) is 0 Å². The van der Waals surface area contributed by atoms with Crippen molar-refractivity contribution in [2.24, 2.45) is 11.6 Å². The molecule has 35 heavy (non-hydrogen) atoms. The Morgan fingerprint density at radius 1 is 1.11 bits per heavy atom. The Hall–Kier alpha value is -3.40. The average molecular weight is 485 g/mol. The van der Waals surface area contributed by atoms with Crippen molar-refractivity contribution in [3.63, 3.8) is 0 Å². The molecule has 0 radical (unpaired) electrons. The van der Waals surface area contributed by atoms with Gasteiger partial charge in [-0.25, -0.2) is 5.84 Å². The number of imide groups is 2. The first-order valence-electron chi connectivity index (χ1n) is 12.4. The molecule has 4 amide bonds. The summed E-state index contributed by atoms with van der Waals surface area (Å²) in [6.07, 6.45) is 10.2. The number of carbonyl (C=O) groups is 4. The van der Waals surface area contributed by atoms with Gasteiger partial charge in [-0.05, 0) is 25.0 Å². The highest BCUT2D eigenvalue weighted by atomic mass is 16.2. The van der Waals surface area contributed by atoms with Crippen LogP contribution in [0.5, 0.6) is 0 Å². The van der Waals surface area contributed by atoms with E-state index in [9.17, 15) is 19.2 Å². The highest BCUT2D eigenvalue weighted by Gasteiger charge is 2.45. The fourth-order valence-corrected chi connectivity index (χ4v) is 4.43. The van der Waals surface area contributed by atoms with Crippen molar-refractivity contribution >= 4 is 29.3 Å². The summed E-state index contributed by atoms with van der Waals surface area (Å²) in [6, 6.07) is 3.89. The van der Waals surface area contributed by atoms with Crippen LogP contribution in [0.15, 0.2) is 30.1 Å². The van der Waals surface area contributed by atoms with E-state index >= 15 is 0 Å². The second-order valence-electron chi connectivity index (χ2n) is 9.09. The summed E-state index contributed by atoms with van der Waals surface area (Å²) in [4.78, 5) is 50.7. The van der Waals surface area contributed by atoms with Gasteiger partial charge in [-0.3, -0.25) is 29.4 Å². The normalized spacial score (nSPS) is 18.1. The zero-order valence-corrected chi connectivity index (χ0v) is 20.3. The molecule has 3 rings (SSSR count). The van der Waals surface area contributed by atoms with Gasteiger partial charge in [0.05, 0.1) is 17.7 Å². The van der Waals surface area contributed by atoms with Crippen LogP contribution >= 0.6 is 0 Å². The molecule has 1 atom stereocenters. The van der Waals surface area contributed by atoms with Gasteiger partial charge in [0, 0.05) is 30.5 Å². The van der Waals surface area contributed by atoms with Gasteiger partial charge in [-0.2, -0.15) is 0 Å². The molecular formula is C25H36N6O4. The van der Waals surface area contributed by atoms with Crippen molar-refractivity contribution in [1.29, 1.82) is 0 Å². The Labute approximate surface area is 206 Å². The SMILES string of the molecule is CCCCCCCCCN(N)/C=C(\N)CNc1cccc2c1C(=O)N(C1CCC(=O)NC1=O)C2=O. The fourth-order valence-electron chi connectivity index (χ4n) is 4.43. The third-order valence-electron chi connectivity index (χ3n) is 6.30. The number of rotatable bonds is 13. The average Bonchev–Trinajstić information content (AvgIpc) is 3.08. The Kier molecular flexibility index (Phi) is 9.25. The standard InChI is InChI=1S/C25H36N6O4/c1-2-3-4-5-6-7-8-14-30(27)16-17(26)15-28-19-11-9-10-18-22(19)25(35)31(24(18)34)20-12-13-21(32)29-23(20)33/h9-11,16,20,28H,2-8,12-15,26-27H2,1H3,(H,29,32,33)/b17-16-. The number of benzene rings is 1. The lowest BCUT2D eigenvalue weighted by Crippen LogP contribution is -2.54. The summed E-state index contributed by atoms with van der Waals surface area (Å²) in [5.41, 5.74) is 7.46. The van der Waals surface area contributed by atoms with Gasteiger partial charge >= 0.3 is 0 Å². The van der Waals surface area contributed by atoms with Crippen LogP contribution in [0, 0.1) is 0 Å². The molecule has 1 fully saturated rings. The summed E-state index contributed by atoms with van der Waals surface area (Å²) >= 11 is 0. The predicted octanol–water partition coefficient (Wildman–Crippen LogP) is 2.23. The Balaban J connectivity index is 1.56. The van der Waals surface area contributed by atoms with Gasteiger partial charge in [0.1, 0.15) is 6.04 Å². The van der Waals surface area contributed by atoms with Crippen molar-refractivity contribution in [3.8, 4) is 0 Å². The number of anilines is 1. The van der Waals surface area contributed by atoms with Crippen molar-refractivity contribution in [2.45, 2.75) is 70.8 Å². The molecule has 10 nitrogen and oxygen atoms in total. The Bertz CT molecular complexity index is 992. The molecule has 0 aromatic heterocycles. The second-order valence-corrected chi connectivity index (χ2v) is 9.09. The van der Waals surface area contributed by atoms with Gasteiger partial charge in [0.25, 0.3) is 11.8 Å². The van der Waals surface area contributed by atoms with Crippen molar-refractivity contribution in [3.05, 3.63) is 41.2 Å². The zero-order chi connectivity index (χ0) is 25.4. The maximum absolute atomic E-state index is 13.1. The summed E-state index contributed by atoms with van der Waals surface area (Å²) < 4.78 is 0. The van der Waals surface area contributed by atoms with Crippen LogP contribution in [0.1, 0.15) is 85.4 Å². The molecule has 0 saturated carbocycles. The highest BCUT2D eigenvalue weighted by molar-refractivity contribution is 6.25. The van der Waals surface area contributed by atoms with E-state index in [1.807, 2.05) is 0 Å². The van der Waals surface area contributed by atoms with Crippen molar-refractivity contribution < 1.29 is 19.2 Å². The van der Waals surface area contributed by atoms with Gasteiger partial charge in [-0.15, -0.1) is 0 Å². The highest BCUT2D eigenvalue weighted by Crippen LogP contribution is 2.32. The number of hydrogen-bond donors (Lipinski definition) is 4. The maximum atomic E-state index is 13.1. The number of unbranched alkanes of at least 4 members (excludes halogenated alkanes) is 6. The van der Waals surface area contributed by atoms with Crippen molar-refractivity contribution in [2.75, 3.05) is 18.4 Å². The first-order chi connectivity index (χ1) is 16.8. The number of nitrogens with two attached hydrogens (primary N) is 2. The Morgan fingerprint density at radius 3 is 2.54 bits per heavy atom. The minimum Gasteiger partial charge on any atom is -0.399 e. The summed E-state index contributed by atoms with van der Waals surface area (Å²) in [6.45, 7) is 3.13. The molecule has 2 aliphatic rings. The maximum Gasteiger partial charge on any atom is 0.264 e. The monoisotopic (exact) mass is 484 g/mol. The lowest BCUT2D eigenvalue weighted by molar-refractivity contribution is -0.136. The van der Waals surface area contributed by atoms with Crippen LogP contribution in [-0.2, 0) is 9.59 Å². The minimum atomic E-state index is -1.00. The van der Waals surface area contributed by atoms with Crippen LogP contribution in [0.4, 0.5) is 5.69 Å². The van der Waals surface area contributed by atoms with E-state index < -0.39 is 29.7 Å². The topological polar surface area (TPSA) is 151 Å². The zero-order valence-electron chi connectivity index (χ0n) is 20.3. The number of amides is 4. The van der Waals surface area contributed by atoms with Crippen LogP contribution in [0.3, 0.4) is 0 Å². The summed E-state index contributed by atoms with van der Waals surface area (Å²) in [5, 5.41) is 6.87. The second kappa shape index (κ2) is 12.3. The molecule has 1 aromatic carbocycles. The van der Waals surface area contributed by atoms with E-state index in [0.29, 0.717) is 17.9 Å². The molecule has 0 aliphatic carbocycles. The number of hydrazine groups is 1. The number of hydrogen-bond acceptors (Lipinski definition) is 8. The number of piperidine rings is 1. The Morgan fingerprint density at radius 2 is 1.83 bits per heavy atom. The first-order valence-corrected chi connectivity index (χ1v) is 12.4. The van der Waals surface area contributed by atoms with E-state index in [1.165, 1.54) is 32.1 Å². The van der Waals surface area contributed by atoms with E-state index in [1.54, 1.807) is 29.4 Å². The molecule has 0 bridgehead atoms. The van der Waals surface area contributed by atoms with Gasteiger partial charge in [-0.1, -0.05) is 51.5 Å². The third-order valence-corrected chi connectivity index (χ3v) is 6.30. The molecule has 0 spiro atoms. The summed E-state index contributed by atoms with van der Waals surface area (Å²) in [5.74, 6) is 3.88. The van der Waals surface area contributed by atoms with E-state index in [0.717, 1.165) is 17.7 Å². The van der Waals surface area contributed by atoms with Crippen LogP contribution < -0.4 is 22.2 Å². The summed E-state index contributed by atoms with van der Waals surface area (Å²) in [7, 11) is 0. The molecular weight excluding hydrogens is 448 g/mol. The molecule has 1 saturated heterocycles. The molecule has 10 heteroatoms. The molecule has 2 aliphatic heterocycles. The number of fused-ring (bicyclic) bond motifs is 1. The lowest BCUT2D eigenvalue weighted by Gasteiger charge is -2.27. The van der Waals surface area contributed by atoms with E-state index in [-0.39, 0.29) is 30.5 Å². The molecule has 190 valence electrons. The molecule has 1 unspecified atom stereocenters.